The predicted molar refractivity (Wildman–Crippen MR) is 158 cm³/mol. The van der Waals surface area contributed by atoms with Gasteiger partial charge in [-0.15, -0.1) is 11.3 Å². The second-order valence-electron chi connectivity index (χ2n) is 10.2. The summed E-state index contributed by atoms with van der Waals surface area (Å²) in [6, 6.07) is 15.2. The number of amides is 1. The van der Waals surface area contributed by atoms with Crippen LogP contribution in [-0.4, -0.2) is 71.2 Å². The van der Waals surface area contributed by atoms with Gasteiger partial charge in [0.05, 0.1) is 18.3 Å². The molecule has 2 aromatic carbocycles. The average molecular weight is 579 g/mol. The zero-order valence-corrected chi connectivity index (χ0v) is 23.9. The fourth-order valence-electron chi connectivity index (χ4n) is 5.60. The molecule has 6 rings (SSSR count). The number of carbonyl (C=O) groups excluding carboxylic acids is 1. The average Bonchev–Trinajstić information content (AvgIpc) is 3.68. The van der Waals surface area contributed by atoms with Crippen molar-refractivity contribution in [2.75, 3.05) is 39.9 Å². The molecular formula is C30H31ClN4O4S. The number of methoxy groups -OCH3 is 1. The lowest BCUT2D eigenvalue weighted by Crippen LogP contribution is -2.47. The molecule has 0 radical (unpaired) electrons. The molecule has 10 heteroatoms. The molecule has 4 aromatic rings. The number of hydrogen-bond acceptors (Lipinski definition) is 7. The lowest BCUT2D eigenvalue weighted by atomic mass is 10.0. The number of halogens is 1. The Hall–Kier alpha value is -3.40. The third-order valence-electron chi connectivity index (χ3n) is 7.82. The van der Waals surface area contributed by atoms with Crippen molar-refractivity contribution in [1.29, 1.82) is 0 Å². The van der Waals surface area contributed by atoms with Crippen LogP contribution in [0.1, 0.15) is 25.7 Å². The summed E-state index contributed by atoms with van der Waals surface area (Å²) in [6.07, 6.45) is 6.12. The second-order valence-corrected chi connectivity index (χ2v) is 11.7. The van der Waals surface area contributed by atoms with E-state index in [1.54, 1.807) is 25.3 Å². The normalized spacial score (nSPS) is 16.5. The van der Waals surface area contributed by atoms with Gasteiger partial charge in [0.15, 0.2) is 18.1 Å². The van der Waals surface area contributed by atoms with Gasteiger partial charge < -0.3 is 19.3 Å². The van der Waals surface area contributed by atoms with Crippen LogP contribution in [0, 0.1) is 0 Å². The molecule has 0 aliphatic carbocycles. The van der Waals surface area contributed by atoms with E-state index in [4.69, 9.17) is 21.1 Å². The molecule has 0 unspecified atom stereocenters. The number of carbonyl (C=O) groups is 1. The minimum Gasteiger partial charge on any atom is -0.493 e. The highest BCUT2D eigenvalue weighted by atomic mass is 35.5. The molecule has 0 atom stereocenters. The Morgan fingerprint density at radius 3 is 2.50 bits per heavy atom. The van der Waals surface area contributed by atoms with Crippen molar-refractivity contribution in [3.8, 4) is 27.6 Å². The highest BCUT2D eigenvalue weighted by Gasteiger charge is 2.28. The summed E-state index contributed by atoms with van der Waals surface area (Å²) in [5, 5.41) is 0.661. The van der Waals surface area contributed by atoms with Gasteiger partial charge >= 0.3 is 0 Å². The Morgan fingerprint density at radius 2 is 1.77 bits per heavy atom. The Labute approximate surface area is 241 Å². The van der Waals surface area contributed by atoms with E-state index in [1.165, 1.54) is 48.2 Å². The van der Waals surface area contributed by atoms with E-state index in [-0.39, 0.29) is 18.1 Å². The molecule has 0 saturated carbocycles. The van der Waals surface area contributed by atoms with Crippen LogP contribution in [0.2, 0.25) is 5.02 Å². The summed E-state index contributed by atoms with van der Waals surface area (Å²) in [4.78, 5) is 36.2. The van der Waals surface area contributed by atoms with Gasteiger partial charge in [-0.3, -0.25) is 14.2 Å². The van der Waals surface area contributed by atoms with E-state index in [9.17, 15) is 9.59 Å². The number of aromatic nitrogens is 2. The molecular weight excluding hydrogens is 548 g/mol. The van der Waals surface area contributed by atoms with Crippen molar-refractivity contribution in [3.05, 3.63) is 70.2 Å². The van der Waals surface area contributed by atoms with Gasteiger partial charge in [0, 0.05) is 35.1 Å². The fraction of sp³-hybridized carbons (Fsp3) is 0.367. The first-order chi connectivity index (χ1) is 19.5. The van der Waals surface area contributed by atoms with Crippen molar-refractivity contribution >= 4 is 39.1 Å². The van der Waals surface area contributed by atoms with Crippen molar-refractivity contribution < 1.29 is 14.3 Å². The summed E-state index contributed by atoms with van der Waals surface area (Å²) in [5.41, 5.74) is 2.05. The van der Waals surface area contributed by atoms with Gasteiger partial charge in [0.2, 0.25) is 0 Å². The van der Waals surface area contributed by atoms with E-state index < -0.39 is 0 Å². The van der Waals surface area contributed by atoms with E-state index in [0.717, 1.165) is 36.4 Å². The summed E-state index contributed by atoms with van der Waals surface area (Å²) >= 11 is 7.42. The zero-order chi connectivity index (χ0) is 27.6. The van der Waals surface area contributed by atoms with E-state index in [2.05, 4.69) is 9.88 Å². The van der Waals surface area contributed by atoms with Gasteiger partial charge in [-0.05, 0) is 74.7 Å². The first-order valence-corrected chi connectivity index (χ1v) is 14.8. The van der Waals surface area contributed by atoms with Gasteiger partial charge in [0.1, 0.15) is 11.0 Å². The molecule has 1 amide bonds. The number of piperidine rings is 1. The topological polar surface area (TPSA) is 76.9 Å². The molecule has 0 bridgehead atoms. The molecule has 40 heavy (non-hydrogen) atoms. The summed E-state index contributed by atoms with van der Waals surface area (Å²) in [7, 11) is 1.54. The van der Waals surface area contributed by atoms with Crippen molar-refractivity contribution in [2.45, 2.75) is 31.7 Å². The maximum absolute atomic E-state index is 13.4. The van der Waals surface area contributed by atoms with Crippen LogP contribution in [0.3, 0.4) is 0 Å². The number of nitrogens with zero attached hydrogens (tertiary/aromatic N) is 4. The summed E-state index contributed by atoms with van der Waals surface area (Å²) in [6.45, 7) is 3.84. The number of ether oxygens (including phenoxy) is 2. The Bertz CT molecular complexity index is 1570. The molecule has 2 saturated heterocycles. The number of fused-ring (bicyclic) bond motifs is 1. The predicted octanol–water partition coefficient (Wildman–Crippen LogP) is 5.24. The number of thiophene rings is 1. The van der Waals surface area contributed by atoms with Crippen LogP contribution < -0.4 is 15.0 Å². The quantitative estimate of drug-likeness (QED) is 0.298. The smallest absolute Gasteiger partial charge is 0.275 e. The molecule has 208 valence electrons. The fourth-order valence-corrected chi connectivity index (χ4v) is 6.77. The van der Waals surface area contributed by atoms with Crippen LogP contribution in [0.25, 0.3) is 26.3 Å². The first-order valence-electron chi connectivity index (χ1n) is 13.6. The highest BCUT2D eigenvalue weighted by molar-refractivity contribution is 7.22. The van der Waals surface area contributed by atoms with Crippen LogP contribution in [-0.2, 0) is 4.79 Å². The van der Waals surface area contributed by atoms with Crippen LogP contribution >= 0.6 is 22.9 Å². The Balaban J connectivity index is 1.14. The van der Waals surface area contributed by atoms with Crippen LogP contribution in [0.5, 0.6) is 11.5 Å². The summed E-state index contributed by atoms with van der Waals surface area (Å²) < 4.78 is 13.5. The standard InChI is InChI=1S/C30H31ClN4O4S/c1-38-26-16-23(35-19-32-24-17-27(40-29(24)30(35)37)20-4-6-21(31)7-5-20)8-9-25(26)39-18-28(36)34-14-10-22(11-15-34)33-12-2-3-13-33/h4-9,16-17,19,22H,2-3,10-15,18H2,1H3. The molecule has 4 heterocycles. The van der Waals surface area contributed by atoms with Gasteiger partial charge in [-0.2, -0.15) is 0 Å². The SMILES string of the molecule is COc1cc(-n2cnc3cc(-c4ccc(Cl)cc4)sc3c2=O)ccc1OCC(=O)N1CCC(N2CCCC2)CC1. The van der Waals surface area contributed by atoms with Crippen molar-refractivity contribution in [3.63, 3.8) is 0 Å². The van der Waals surface area contributed by atoms with Crippen LogP contribution in [0.15, 0.2) is 59.7 Å². The molecule has 2 aromatic heterocycles. The molecule has 2 aliphatic rings. The highest BCUT2D eigenvalue weighted by Crippen LogP contribution is 2.33. The lowest BCUT2D eigenvalue weighted by Gasteiger charge is -2.36. The molecule has 2 fully saturated rings. The Morgan fingerprint density at radius 1 is 1.02 bits per heavy atom. The van der Waals surface area contributed by atoms with E-state index in [0.29, 0.717) is 38.5 Å². The maximum Gasteiger partial charge on any atom is 0.275 e. The molecule has 8 nitrogen and oxygen atoms in total. The second kappa shape index (κ2) is 11.6. The Kier molecular flexibility index (Phi) is 7.78. The van der Waals surface area contributed by atoms with E-state index in [1.807, 2.05) is 35.2 Å². The van der Waals surface area contributed by atoms with Gasteiger partial charge in [0.25, 0.3) is 11.5 Å². The largest absolute Gasteiger partial charge is 0.493 e. The number of benzene rings is 2. The summed E-state index contributed by atoms with van der Waals surface area (Å²) in [5.74, 6) is 0.874. The molecule has 0 N–H and O–H groups in total. The van der Waals surface area contributed by atoms with E-state index >= 15 is 0 Å². The zero-order valence-electron chi connectivity index (χ0n) is 22.3. The minimum absolute atomic E-state index is 0.0222. The molecule has 0 spiro atoms. The maximum atomic E-state index is 13.4. The lowest BCUT2D eigenvalue weighted by molar-refractivity contribution is -0.134. The minimum atomic E-state index is -0.168. The number of hydrogen-bond donors (Lipinski definition) is 0. The van der Waals surface area contributed by atoms with Gasteiger partial charge in [-0.25, -0.2) is 4.98 Å². The monoisotopic (exact) mass is 578 g/mol. The number of likely N-dealkylation sites (tertiary alicyclic amines) is 2. The van der Waals surface area contributed by atoms with Gasteiger partial charge in [-0.1, -0.05) is 23.7 Å². The molecule has 2 aliphatic heterocycles. The van der Waals surface area contributed by atoms with Crippen molar-refractivity contribution in [2.24, 2.45) is 0 Å². The first kappa shape index (κ1) is 26.8. The van der Waals surface area contributed by atoms with Crippen molar-refractivity contribution in [1.82, 2.24) is 19.4 Å². The third-order valence-corrected chi connectivity index (χ3v) is 9.23. The van der Waals surface area contributed by atoms with Crippen LogP contribution in [0.4, 0.5) is 0 Å². The third kappa shape index (κ3) is 5.46. The number of rotatable bonds is 7.